The Bertz CT molecular complexity index is 299. The second-order valence-corrected chi connectivity index (χ2v) is 4.05. The number of hydrogen-bond acceptors (Lipinski definition) is 4. The molecule has 0 saturated carbocycles. The van der Waals surface area contributed by atoms with Crippen molar-refractivity contribution in [1.82, 2.24) is 4.98 Å². The fraction of sp³-hybridized carbons (Fsp3) is 0.333. The molecule has 0 aromatic carbocycles. The molecular formula is C6H5F3N2OS2. The highest BCUT2D eigenvalue weighted by Gasteiger charge is 2.29. The summed E-state index contributed by atoms with van der Waals surface area (Å²) in [5.41, 5.74) is -4.37. The van der Waals surface area contributed by atoms with Gasteiger partial charge in [-0.1, -0.05) is 0 Å². The number of hydrogen-bond donors (Lipinski definition) is 1. The van der Waals surface area contributed by atoms with Gasteiger partial charge in [-0.25, -0.2) is 4.98 Å². The fourth-order valence-corrected chi connectivity index (χ4v) is 1.50. The van der Waals surface area contributed by atoms with Crippen molar-refractivity contribution in [2.24, 2.45) is 0 Å². The van der Waals surface area contributed by atoms with Crippen LogP contribution in [0.5, 0.6) is 0 Å². The molecule has 0 aliphatic heterocycles. The lowest BCUT2D eigenvalue weighted by atomic mass is 10.7. The first-order chi connectivity index (χ1) is 6.47. The number of carbonyl (C=O) groups is 1. The third-order valence-corrected chi connectivity index (χ3v) is 2.47. The van der Waals surface area contributed by atoms with Gasteiger partial charge < -0.3 is 5.32 Å². The van der Waals surface area contributed by atoms with Gasteiger partial charge in [-0.3, -0.25) is 4.79 Å². The second kappa shape index (κ2) is 4.65. The van der Waals surface area contributed by atoms with Crippen LogP contribution in [0.15, 0.2) is 11.6 Å². The lowest BCUT2D eigenvalue weighted by molar-refractivity contribution is -0.114. The maximum Gasteiger partial charge on any atom is 0.442 e. The SMILES string of the molecule is O=C(CSC(F)(F)F)Nc1nccs1. The van der Waals surface area contributed by atoms with Crippen LogP contribution in [-0.4, -0.2) is 22.2 Å². The first kappa shape index (κ1) is 11.3. The zero-order valence-corrected chi connectivity index (χ0v) is 8.30. The number of anilines is 1. The Morgan fingerprint density at radius 1 is 1.64 bits per heavy atom. The van der Waals surface area contributed by atoms with Gasteiger partial charge in [0.25, 0.3) is 0 Å². The lowest BCUT2D eigenvalue weighted by Crippen LogP contribution is -2.16. The monoisotopic (exact) mass is 242 g/mol. The van der Waals surface area contributed by atoms with E-state index in [1.165, 1.54) is 6.20 Å². The summed E-state index contributed by atoms with van der Waals surface area (Å²) in [6, 6.07) is 0. The predicted molar refractivity (Wildman–Crippen MR) is 49.3 cm³/mol. The van der Waals surface area contributed by atoms with Gasteiger partial charge in [-0.05, 0) is 11.8 Å². The summed E-state index contributed by atoms with van der Waals surface area (Å²) < 4.78 is 35.0. The van der Waals surface area contributed by atoms with Crippen LogP contribution in [0.1, 0.15) is 0 Å². The molecule has 1 N–H and O–H groups in total. The summed E-state index contributed by atoms with van der Waals surface area (Å²) in [6.45, 7) is 0. The van der Waals surface area contributed by atoms with Crippen LogP contribution in [0.3, 0.4) is 0 Å². The Kier molecular flexibility index (Phi) is 3.76. The summed E-state index contributed by atoms with van der Waals surface area (Å²) in [4.78, 5) is 14.6. The van der Waals surface area contributed by atoms with Crippen molar-refractivity contribution in [3.63, 3.8) is 0 Å². The third-order valence-electron chi connectivity index (χ3n) is 1.05. The standard InChI is InChI=1S/C6H5F3N2OS2/c7-6(8,9)14-3-4(12)11-5-10-1-2-13-5/h1-2H,3H2,(H,10,11,12). The van der Waals surface area contributed by atoms with Crippen LogP contribution in [0.2, 0.25) is 0 Å². The molecule has 0 saturated heterocycles. The fourth-order valence-electron chi connectivity index (χ4n) is 0.588. The smallest absolute Gasteiger partial charge is 0.301 e. The van der Waals surface area contributed by atoms with E-state index in [0.29, 0.717) is 5.13 Å². The van der Waals surface area contributed by atoms with Gasteiger partial charge in [-0.15, -0.1) is 11.3 Å². The van der Waals surface area contributed by atoms with Crippen molar-refractivity contribution in [3.05, 3.63) is 11.6 Å². The minimum Gasteiger partial charge on any atom is -0.301 e. The number of nitrogens with zero attached hydrogens (tertiary/aromatic N) is 1. The average molecular weight is 242 g/mol. The molecule has 14 heavy (non-hydrogen) atoms. The van der Waals surface area contributed by atoms with Crippen LogP contribution >= 0.6 is 23.1 Å². The second-order valence-electron chi connectivity index (χ2n) is 2.12. The molecule has 0 bridgehead atoms. The van der Waals surface area contributed by atoms with Crippen molar-refractivity contribution >= 4 is 34.1 Å². The number of aromatic nitrogens is 1. The Labute approximate surface area is 85.7 Å². The van der Waals surface area contributed by atoms with E-state index >= 15 is 0 Å². The molecule has 8 heteroatoms. The summed E-state index contributed by atoms with van der Waals surface area (Å²) in [5.74, 6) is -1.36. The van der Waals surface area contributed by atoms with Gasteiger partial charge in [0.15, 0.2) is 5.13 Å². The van der Waals surface area contributed by atoms with Crippen LogP contribution in [-0.2, 0) is 4.79 Å². The Balaban J connectivity index is 2.30. The Morgan fingerprint density at radius 3 is 2.86 bits per heavy atom. The topological polar surface area (TPSA) is 42.0 Å². The molecule has 1 aromatic heterocycles. The van der Waals surface area contributed by atoms with E-state index in [9.17, 15) is 18.0 Å². The normalized spacial score (nSPS) is 11.4. The molecule has 0 fully saturated rings. The van der Waals surface area contributed by atoms with Gasteiger partial charge in [0.2, 0.25) is 5.91 Å². The van der Waals surface area contributed by atoms with E-state index in [1.807, 2.05) is 0 Å². The molecule has 3 nitrogen and oxygen atoms in total. The van der Waals surface area contributed by atoms with Crippen molar-refractivity contribution in [2.45, 2.75) is 5.51 Å². The van der Waals surface area contributed by atoms with E-state index in [2.05, 4.69) is 10.3 Å². The largest absolute Gasteiger partial charge is 0.442 e. The molecular weight excluding hydrogens is 237 g/mol. The van der Waals surface area contributed by atoms with Crippen molar-refractivity contribution in [2.75, 3.05) is 11.1 Å². The molecule has 0 spiro atoms. The van der Waals surface area contributed by atoms with Crippen LogP contribution in [0.25, 0.3) is 0 Å². The first-order valence-electron chi connectivity index (χ1n) is 3.37. The Hall–Kier alpha value is -0.760. The van der Waals surface area contributed by atoms with Gasteiger partial charge in [0, 0.05) is 11.6 Å². The van der Waals surface area contributed by atoms with Gasteiger partial charge in [-0.2, -0.15) is 13.2 Å². The van der Waals surface area contributed by atoms with Crippen LogP contribution < -0.4 is 5.32 Å². The van der Waals surface area contributed by atoms with Gasteiger partial charge in [0.05, 0.1) is 5.75 Å². The average Bonchev–Trinajstić information content (AvgIpc) is 2.52. The van der Waals surface area contributed by atoms with Crippen molar-refractivity contribution in [3.8, 4) is 0 Å². The third kappa shape index (κ3) is 4.47. The number of amides is 1. The maximum atomic E-state index is 11.7. The minimum atomic E-state index is -4.37. The molecule has 1 aromatic rings. The maximum absolute atomic E-state index is 11.7. The van der Waals surface area contributed by atoms with E-state index in [1.54, 1.807) is 5.38 Å². The molecule has 78 valence electrons. The first-order valence-corrected chi connectivity index (χ1v) is 5.24. The summed E-state index contributed by atoms with van der Waals surface area (Å²) in [6.07, 6.45) is 1.46. The molecule has 1 rings (SSSR count). The zero-order chi connectivity index (χ0) is 10.6. The quantitative estimate of drug-likeness (QED) is 0.884. The molecule has 1 heterocycles. The number of thiazole rings is 1. The number of rotatable bonds is 3. The number of carbonyl (C=O) groups excluding carboxylic acids is 1. The van der Waals surface area contributed by atoms with Crippen molar-refractivity contribution in [1.29, 1.82) is 0 Å². The summed E-state index contributed by atoms with van der Waals surface area (Å²) in [7, 11) is 0. The van der Waals surface area contributed by atoms with Gasteiger partial charge in [0.1, 0.15) is 0 Å². The summed E-state index contributed by atoms with van der Waals surface area (Å²) in [5, 5.41) is 4.16. The van der Waals surface area contributed by atoms with Gasteiger partial charge >= 0.3 is 5.51 Å². The predicted octanol–water partition coefficient (Wildman–Crippen LogP) is 2.33. The Morgan fingerprint density at radius 2 is 2.36 bits per heavy atom. The highest BCUT2D eigenvalue weighted by Crippen LogP contribution is 2.29. The molecule has 0 unspecified atom stereocenters. The lowest BCUT2D eigenvalue weighted by Gasteiger charge is -2.04. The van der Waals surface area contributed by atoms with Crippen molar-refractivity contribution < 1.29 is 18.0 Å². The highest BCUT2D eigenvalue weighted by molar-refractivity contribution is 8.00. The molecule has 1 amide bonds. The molecule has 0 atom stereocenters. The molecule has 0 aliphatic carbocycles. The van der Waals surface area contributed by atoms with E-state index in [0.717, 1.165) is 11.3 Å². The highest BCUT2D eigenvalue weighted by atomic mass is 32.2. The van der Waals surface area contributed by atoms with E-state index in [-0.39, 0.29) is 11.8 Å². The van der Waals surface area contributed by atoms with E-state index < -0.39 is 17.2 Å². The number of alkyl halides is 3. The summed E-state index contributed by atoms with van der Waals surface area (Å²) >= 11 is 0.779. The zero-order valence-electron chi connectivity index (χ0n) is 6.67. The molecule has 0 radical (unpaired) electrons. The number of thioether (sulfide) groups is 1. The number of halogens is 3. The van der Waals surface area contributed by atoms with Crippen LogP contribution in [0.4, 0.5) is 18.3 Å². The molecule has 0 aliphatic rings. The number of nitrogens with one attached hydrogen (secondary N) is 1. The minimum absolute atomic E-state index is 0.303. The van der Waals surface area contributed by atoms with Crippen LogP contribution in [0, 0.1) is 0 Å². The van der Waals surface area contributed by atoms with E-state index in [4.69, 9.17) is 0 Å².